The van der Waals surface area contributed by atoms with Gasteiger partial charge in [-0.1, -0.05) is 6.07 Å². The van der Waals surface area contributed by atoms with E-state index in [4.69, 9.17) is 14.2 Å². The monoisotopic (exact) mass is 394 g/mol. The molecule has 0 fully saturated rings. The molecule has 3 rings (SSSR count). The second kappa shape index (κ2) is 9.41. The molecule has 0 bridgehead atoms. The molecule has 0 aliphatic heterocycles. The van der Waals surface area contributed by atoms with E-state index in [-0.39, 0.29) is 0 Å². The summed E-state index contributed by atoms with van der Waals surface area (Å²) in [7, 11) is 3.10. The smallest absolute Gasteiger partial charge is 0.289 e. The number of benzene rings is 2. The highest BCUT2D eigenvalue weighted by Gasteiger charge is 2.11. The van der Waals surface area contributed by atoms with Gasteiger partial charge in [-0.2, -0.15) is 10.2 Å². The van der Waals surface area contributed by atoms with Gasteiger partial charge >= 0.3 is 0 Å². The van der Waals surface area contributed by atoms with Gasteiger partial charge in [-0.3, -0.25) is 9.89 Å². The van der Waals surface area contributed by atoms with Gasteiger partial charge in [0.25, 0.3) is 5.91 Å². The minimum Gasteiger partial charge on any atom is -0.494 e. The molecule has 3 aromatic rings. The van der Waals surface area contributed by atoms with Gasteiger partial charge in [0, 0.05) is 11.1 Å². The number of hydrogen-bond donors (Lipinski definition) is 2. The summed E-state index contributed by atoms with van der Waals surface area (Å²) in [6, 6.07) is 14.5. The Kier molecular flexibility index (Phi) is 6.47. The van der Waals surface area contributed by atoms with E-state index in [0.717, 1.165) is 11.3 Å². The molecule has 0 spiro atoms. The van der Waals surface area contributed by atoms with Crippen molar-refractivity contribution < 1.29 is 19.0 Å². The van der Waals surface area contributed by atoms with Crippen molar-refractivity contribution in [2.45, 2.75) is 6.92 Å². The Morgan fingerprint density at radius 3 is 2.66 bits per heavy atom. The Labute approximate surface area is 168 Å². The SMILES string of the molecule is CCOc1ccc(-c2cc(C(=O)N/N=C\c3cccc(OC)c3OC)[nH]n2)cc1. The van der Waals surface area contributed by atoms with Gasteiger partial charge in [0.1, 0.15) is 11.4 Å². The van der Waals surface area contributed by atoms with E-state index in [0.29, 0.717) is 35.1 Å². The number of carbonyl (C=O) groups is 1. The van der Waals surface area contributed by atoms with Crippen LogP contribution in [0, 0.1) is 0 Å². The van der Waals surface area contributed by atoms with Crippen LogP contribution in [0.2, 0.25) is 0 Å². The third-order valence-corrected chi connectivity index (χ3v) is 4.09. The largest absolute Gasteiger partial charge is 0.494 e. The molecular weight excluding hydrogens is 372 g/mol. The number of aromatic amines is 1. The number of methoxy groups -OCH3 is 2. The number of aromatic nitrogens is 2. The Balaban J connectivity index is 1.67. The van der Waals surface area contributed by atoms with Crippen LogP contribution in [0.1, 0.15) is 23.0 Å². The van der Waals surface area contributed by atoms with E-state index >= 15 is 0 Å². The lowest BCUT2D eigenvalue weighted by atomic mass is 10.1. The molecule has 0 aliphatic carbocycles. The highest BCUT2D eigenvalue weighted by molar-refractivity contribution is 5.94. The lowest BCUT2D eigenvalue weighted by Gasteiger charge is -2.09. The zero-order chi connectivity index (χ0) is 20.6. The summed E-state index contributed by atoms with van der Waals surface area (Å²) < 4.78 is 16.0. The van der Waals surface area contributed by atoms with E-state index < -0.39 is 5.91 Å². The maximum atomic E-state index is 12.3. The number of hydrogen-bond acceptors (Lipinski definition) is 6. The highest BCUT2D eigenvalue weighted by atomic mass is 16.5. The van der Waals surface area contributed by atoms with Gasteiger partial charge in [-0.25, -0.2) is 5.43 Å². The second-order valence-electron chi connectivity index (χ2n) is 5.91. The molecule has 0 saturated carbocycles. The van der Waals surface area contributed by atoms with Crippen LogP contribution in [0.15, 0.2) is 53.6 Å². The van der Waals surface area contributed by atoms with Crippen LogP contribution in [-0.2, 0) is 0 Å². The Morgan fingerprint density at radius 1 is 1.17 bits per heavy atom. The minimum absolute atomic E-state index is 0.295. The van der Waals surface area contributed by atoms with Crippen molar-refractivity contribution in [3.8, 4) is 28.5 Å². The fraction of sp³-hybridized carbons (Fsp3) is 0.190. The van der Waals surface area contributed by atoms with Gasteiger partial charge in [0.15, 0.2) is 11.5 Å². The maximum absolute atomic E-state index is 12.3. The average molecular weight is 394 g/mol. The van der Waals surface area contributed by atoms with Gasteiger partial charge < -0.3 is 14.2 Å². The lowest BCUT2D eigenvalue weighted by Crippen LogP contribution is -2.18. The van der Waals surface area contributed by atoms with Crippen molar-refractivity contribution in [2.24, 2.45) is 5.10 Å². The molecule has 29 heavy (non-hydrogen) atoms. The van der Waals surface area contributed by atoms with Crippen molar-refractivity contribution in [3.63, 3.8) is 0 Å². The number of para-hydroxylation sites is 1. The number of ether oxygens (including phenoxy) is 3. The first kappa shape index (κ1) is 19.9. The summed E-state index contributed by atoms with van der Waals surface area (Å²) in [5, 5.41) is 10.9. The lowest BCUT2D eigenvalue weighted by molar-refractivity contribution is 0.0950. The first-order valence-corrected chi connectivity index (χ1v) is 8.99. The number of carbonyl (C=O) groups excluding carboxylic acids is 1. The molecule has 0 aliphatic rings. The molecule has 0 atom stereocenters. The van der Waals surface area contributed by atoms with Gasteiger partial charge in [0.05, 0.1) is 32.7 Å². The van der Waals surface area contributed by atoms with Gasteiger partial charge in [-0.15, -0.1) is 0 Å². The van der Waals surface area contributed by atoms with Crippen LogP contribution < -0.4 is 19.6 Å². The first-order valence-electron chi connectivity index (χ1n) is 8.99. The molecule has 0 unspecified atom stereocenters. The standard InChI is InChI=1S/C21H22N4O4/c1-4-29-16-10-8-14(9-11-16)17-12-18(24-23-17)21(26)25-22-13-15-6-5-7-19(27-2)20(15)28-3/h5-13H,4H2,1-3H3,(H,23,24)(H,25,26)/b22-13-. The van der Waals surface area contributed by atoms with Crippen molar-refractivity contribution in [2.75, 3.05) is 20.8 Å². The Bertz CT molecular complexity index is 996. The predicted octanol–water partition coefficient (Wildman–Crippen LogP) is 3.26. The fourth-order valence-corrected chi connectivity index (χ4v) is 2.71. The first-order chi connectivity index (χ1) is 14.2. The van der Waals surface area contributed by atoms with Crippen molar-refractivity contribution in [1.29, 1.82) is 0 Å². The molecule has 2 N–H and O–H groups in total. The van der Waals surface area contributed by atoms with Crippen LogP contribution in [0.3, 0.4) is 0 Å². The van der Waals surface area contributed by atoms with Crippen molar-refractivity contribution in [1.82, 2.24) is 15.6 Å². The molecular formula is C21H22N4O4. The molecule has 1 amide bonds. The van der Waals surface area contributed by atoms with Gasteiger partial charge in [-0.05, 0) is 49.4 Å². The maximum Gasteiger partial charge on any atom is 0.289 e. The molecule has 8 heteroatoms. The summed E-state index contributed by atoms with van der Waals surface area (Å²) in [6.07, 6.45) is 1.49. The number of hydrazone groups is 1. The topological polar surface area (TPSA) is 97.8 Å². The van der Waals surface area contributed by atoms with Crippen LogP contribution in [0.5, 0.6) is 17.2 Å². The number of nitrogens with zero attached hydrogens (tertiary/aromatic N) is 2. The van der Waals surface area contributed by atoms with Crippen LogP contribution in [0.4, 0.5) is 0 Å². The second-order valence-corrected chi connectivity index (χ2v) is 5.91. The summed E-state index contributed by atoms with van der Waals surface area (Å²) in [4.78, 5) is 12.3. The van der Waals surface area contributed by atoms with E-state index in [1.54, 1.807) is 32.4 Å². The molecule has 0 saturated heterocycles. The van der Waals surface area contributed by atoms with E-state index in [9.17, 15) is 4.79 Å². The molecule has 1 aromatic heterocycles. The van der Waals surface area contributed by atoms with E-state index in [1.807, 2.05) is 37.3 Å². The predicted molar refractivity (Wildman–Crippen MR) is 110 cm³/mol. The molecule has 1 heterocycles. The minimum atomic E-state index is -0.409. The average Bonchev–Trinajstić information content (AvgIpc) is 3.24. The molecule has 2 aromatic carbocycles. The van der Waals surface area contributed by atoms with Crippen LogP contribution >= 0.6 is 0 Å². The van der Waals surface area contributed by atoms with Crippen molar-refractivity contribution >= 4 is 12.1 Å². The number of rotatable bonds is 8. The van der Waals surface area contributed by atoms with E-state index in [1.165, 1.54) is 6.21 Å². The third-order valence-electron chi connectivity index (χ3n) is 4.09. The normalized spacial score (nSPS) is 10.7. The molecule has 8 nitrogen and oxygen atoms in total. The third kappa shape index (κ3) is 4.73. The number of nitrogens with one attached hydrogen (secondary N) is 2. The van der Waals surface area contributed by atoms with E-state index in [2.05, 4.69) is 20.7 Å². The zero-order valence-electron chi connectivity index (χ0n) is 16.4. The summed E-state index contributed by atoms with van der Waals surface area (Å²) >= 11 is 0. The van der Waals surface area contributed by atoms with Crippen LogP contribution in [-0.4, -0.2) is 43.1 Å². The molecule has 150 valence electrons. The summed E-state index contributed by atoms with van der Waals surface area (Å²) in [5.41, 5.74) is 4.96. The van der Waals surface area contributed by atoms with Crippen LogP contribution in [0.25, 0.3) is 11.3 Å². The zero-order valence-corrected chi connectivity index (χ0v) is 16.4. The summed E-state index contributed by atoms with van der Waals surface area (Å²) in [5.74, 6) is 1.49. The van der Waals surface area contributed by atoms with Crippen molar-refractivity contribution in [3.05, 3.63) is 59.8 Å². The number of amides is 1. The number of H-pyrrole nitrogens is 1. The van der Waals surface area contributed by atoms with Gasteiger partial charge in [0.2, 0.25) is 0 Å². The fourth-order valence-electron chi connectivity index (χ4n) is 2.71. The Morgan fingerprint density at radius 2 is 1.97 bits per heavy atom. The quantitative estimate of drug-likeness (QED) is 0.451. The highest BCUT2D eigenvalue weighted by Crippen LogP contribution is 2.29. The Hall–Kier alpha value is -3.81. The molecule has 0 radical (unpaired) electrons. The summed E-state index contributed by atoms with van der Waals surface area (Å²) in [6.45, 7) is 2.54.